The minimum atomic E-state index is -0.194. The lowest BCUT2D eigenvalue weighted by Crippen LogP contribution is -2.32. The molecule has 0 aromatic heterocycles. The second kappa shape index (κ2) is 6.24. The number of benzene rings is 2. The van der Waals surface area contributed by atoms with E-state index in [9.17, 15) is 9.59 Å². The standard InChI is InChI=1S/C22H18ClNO3/c23-18-7-2-1-4-15(18)12-27-17-6-3-5-16(11-17)24-21(25)19-13-8-9-14(10-13)20(19)22(24)26/h1-9,11,13-14,19-20H,10,12H2. The summed E-state index contributed by atoms with van der Waals surface area (Å²) in [4.78, 5) is 27.2. The number of rotatable bonds is 4. The van der Waals surface area contributed by atoms with E-state index >= 15 is 0 Å². The van der Waals surface area contributed by atoms with Crippen LogP contribution in [0.1, 0.15) is 12.0 Å². The predicted octanol–water partition coefficient (Wildman–Crippen LogP) is 4.23. The first-order valence-electron chi connectivity index (χ1n) is 9.16. The molecule has 2 amide bonds. The summed E-state index contributed by atoms with van der Waals surface area (Å²) in [6.45, 7) is 0.324. The zero-order valence-electron chi connectivity index (χ0n) is 14.5. The van der Waals surface area contributed by atoms with Gasteiger partial charge in [0.2, 0.25) is 11.8 Å². The number of amides is 2. The minimum Gasteiger partial charge on any atom is -0.489 e. The molecule has 27 heavy (non-hydrogen) atoms. The van der Waals surface area contributed by atoms with Crippen molar-refractivity contribution < 1.29 is 14.3 Å². The molecule has 136 valence electrons. The molecule has 4 unspecified atom stereocenters. The third kappa shape index (κ3) is 2.59. The number of hydrogen-bond donors (Lipinski definition) is 0. The fourth-order valence-electron chi connectivity index (χ4n) is 4.65. The van der Waals surface area contributed by atoms with Gasteiger partial charge in [0.05, 0.1) is 17.5 Å². The molecule has 2 fully saturated rings. The maximum Gasteiger partial charge on any atom is 0.238 e. The summed E-state index contributed by atoms with van der Waals surface area (Å²) in [5.74, 6) is 0.476. The van der Waals surface area contributed by atoms with Crippen LogP contribution in [0.5, 0.6) is 5.75 Å². The summed E-state index contributed by atoms with van der Waals surface area (Å²) in [6.07, 6.45) is 5.13. The van der Waals surface area contributed by atoms with Gasteiger partial charge in [-0.25, -0.2) is 4.90 Å². The second-order valence-corrected chi connectivity index (χ2v) is 7.80. The van der Waals surface area contributed by atoms with Gasteiger partial charge in [0, 0.05) is 16.7 Å². The molecule has 4 nitrogen and oxygen atoms in total. The number of allylic oxidation sites excluding steroid dienone is 2. The van der Waals surface area contributed by atoms with Crippen molar-refractivity contribution in [2.24, 2.45) is 23.7 Å². The number of halogens is 1. The first-order valence-corrected chi connectivity index (χ1v) is 9.53. The minimum absolute atomic E-state index is 0.0786. The van der Waals surface area contributed by atoms with Crippen LogP contribution in [-0.4, -0.2) is 11.8 Å². The fraction of sp³-hybridized carbons (Fsp3) is 0.273. The van der Waals surface area contributed by atoms with Crippen LogP contribution in [0.15, 0.2) is 60.7 Å². The van der Waals surface area contributed by atoms with Crippen LogP contribution in [0.25, 0.3) is 0 Å². The number of hydrogen-bond acceptors (Lipinski definition) is 3. The molecule has 0 N–H and O–H groups in total. The Labute approximate surface area is 162 Å². The van der Waals surface area contributed by atoms with Gasteiger partial charge >= 0.3 is 0 Å². The molecule has 1 aliphatic heterocycles. The third-order valence-corrected chi connectivity index (χ3v) is 6.27. The Hall–Kier alpha value is -2.59. The van der Waals surface area contributed by atoms with Crippen molar-refractivity contribution in [2.45, 2.75) is 13.0 Å². The van der Waals surface area contributed by atoms with Crippen LogP contribution in [0.2, 0.25) is 5.02 Å². The van der Waals surface area contributed by atoms with Gasteiger partial charge in [-0.2, -0.15) is 0 Å². The van der Waals surface area contributed by atoms with Crippen molar-refractivity contribution in [1.29, 1.82) is 0 Å². The number of imide groups is 1. The van der Waals surface area contributed by atoms with Crippen LogP contribution >= 0.6 is 11.6 Å². The van der Waals surface area contributed by atoms with Crippen molar-refractivity contribution in [3.8, 4) is 5.75 Å². The molecule has 0 spiro atoms. The summed E-state index contributed by atoms with van der Waals surface area (Å²) >= 11 is 6.17. The molecule has 3 aliphatic rings. The van der Waals surface area contributed by atoms with Gasteiger partial charge in [0.1, 0.15) is 12.4 Å². The Morgan fingerprint density at radius 2 is 1.67 bits per heavy atom. The number of anilines is 1. The topological polar surface area (TPSA) is 46.6 Å². The summed E-state index contributed by atoms with van der Waals surface area (Å²) in [5.41, 5.74) is 1.46. The van der Waals surface area contributed by atoms with Gasteiger partial charge < -0.3 is 4.74 Å². The molecular formula is C22H18ClNO3. The van der Waals surface area contributed by atoms with Crippen molar-refractivity contribution in [3.05, 3.63) is 71.3 Å². The van der Waals surface area contributed by atoms with Crippen LogP contribution in [-0.2, 0) is 16.2 Å². The molecule has 2 bridgehead atoms. The van der Waals surface area contributed by atoms with Gasteiger partial charge in [-0.05, 0) is 36.5 Å². The number of carbonyl (C=O) groups is 2. The normalized spacial score (nSPS) is 28.1. The molecule has 2 aliphatic carbocycles. The number of fused-ring (bicyclic) bond motifs is 5. The Balaban J connectivity index is 1.37. The second-order valence-electron chi connectivity index (χ2n) is 7.39. The Morgan fingerprint density at radius 3 is 2.37 bits per heavy atom. The van der Waals surface area contributed by atoms with Gasteiger partial charge in [0.25, 0.3) is 0 Å². The van der Waals surface area contributed by atoms with Crippen LogP contribution in [0, 0.1) is 23.7 Å². The number of carbonyl (C=O) groups excluding carboxylic acids is 2. The fourth-order valence-corrected chi connectivity index (χ4v) is 4.84. The smallest absolute Gasteiger partial charge is 0.238 e. The molecule has 1 saturated heterocycles. The Bertz CT molecular complexity index is 940. The van der Waals surface area contributed by atoms with Crippen molar-refractivity contribution in [3.63, 3.8) is 0 Å². The van der Waals surface area contributed by atoms with E-state index in [1.54, 1.807) is 18.2 Å². The highest BCUT2D eigenvalue weighted by Crippen LogP contribution is 2.53. The Kier molecular flexibility index (Phi) is 3.83. The van der Waals surface area contributed by atoms with E-state index in [-0.39, 0.29) is 35.5 Å². The van der Waals surface area contributed by atoms with Crippen LogP contribution in [0.4, 0.5) is 5.69 Å². The molecule has 2 aromatic carbocycles. The van der Waals surface area contributed by atoms with E-state index in [2.05, 4.69) is 12.2 Å². The highest BCUT2D eigenvalue weighted by Gasteiger charge is 2.59. The third-order valence-electron chi connectivity index (χ3n) is 5.90. The van der Waals surface area contributed by atoms with E-state index in [4.69, 9.17) is 16.3 Å². The number of ether oxygens (including phenoxy) is 1. The van der Waals surface area contributed by atoms with E-state index in [1.807, 2.05) is 30.3 Å². The highest BCUT2D eigenvalue weighted by atomic mass is 35.5. The predicted molar refractivity (Wildman–Crippen MR) is 102 cm³/mol. The highest BCUT2D eigenvalue weighted by molar-refractivity contribution is 6.31. The first kappa shape index (κ1) is 16.6. The molecule has 0 radical (unpaired) electrons. The van der Waals surface area contributed by atoms with Crippen molar-refractivity contribution in [2.75, 3.05) is 4.90 Å². The van der Waals surface area contributed by atoms with E-state index in [1.165, 1.54) is 4.90 Å². The molecule has 4 atom stereocenters. The van der Waals surface area contributed by atoms with E-state index in [0.717, 1.165) is 12.0 Å². The lowest BCUT2D eigenvalue weighted by molar-refractivity contribution is -0.123. The zero-order valence-corrected chi connectivity index (χ0v) is 15.3. The summed E-state index contributed by atoms with van der Waals surface area (Å²) in [7, 11) is 0. The molecule has 2 aromatic rings. The quantitative estimate of drug-likeness (QED) is 0.590. The zero-order chi connectivity index (χ0) is 18.5. The van der Waals surface area contributed by atoms with E-state index < -0.39 is 0 Å². The molecule has 1 heterocycles. The van der Waals surface area contributed by atoms with Crippen molar-refractivity contribution in [1.82, 2.24) is 0 Å². The lowest BCUT2D eigenvalue weighted by Gasteiger charge is -2.18. The molecule has 1 saturated carbocycles. The largest absolute Gasteiger partial charge is 0.489 e. The lowest BCUT2D eigenvalue weighted by atomic mass is 9.85. The summed E-state index contributed by atoms with van der Waals surface area (Å²) in [5, 5.41) is 0.648. The van der Waals surface area contributed by atoms with E-state index in [0.29, 0.717) is 23.1 Å². The van der Waals surface area contributed by atoms with Crippen molar-refractivity contribution >= 4 is 29.1 Å². The maximum atomic E-state index is 12.9. The SMILES string of the molecule is O=C1C2C3C=CC(C3)C2C(=O)N1c1cccc(OCc2ccccc2Cl)c1. The average molecular weight is 380 g/mol. The average Bonchev–Trinajstić information content (AvgIpc) is 3.35. The van der Waals surface area contributed by atoms with Crippen LogP contribution in [0.3, 0.4) is 0 Å². The summed E-state index contributed by atoms with van der Waals surface area (Å²) < 4.78 is 5.85. The summed E-state index contributed by atoms with van der Waals surface area (Å²) in [6, 6.07) is 14.7. The molecular weight excluding hydrogens is 362 g/mol. The Morgan fingerprint density at radius 1 is 0.963 bits per heavy atom. The molecule has 5 rings (SSSR count). The van der Waals surface area contributed by atoms with Gasteiger partial charge in [-0.1, -0.05) is 48.0 Å². The van der Waals surface area contributed by atoms with Gasteiger partial charge in [-0.15, -0.1) is 0 Å². The maximum absolute atomic E-state index is 12.9. The van der Waals surface area contributed by atoms with Gasteiger partial charge in [0.15, 0.2) is 0 Å². The van der Waals surface area contributed by atoms with Crippen LogP contribution < -0.4 is 9.64 Å². The van der Waals surface area contributed by atoms with Gasteiger partial charge in [-0.3, -0.25) is 9.59 Å². The monoisotopic (exact) mass is 379 g/mol. The molecule has 5 heteroatoms. The first-order chi connectivity index (χ1) is 13.1. The number of nitrogens with zero attached hydrogens (tertiary/aromatic N) is 1.